The van der Waals surface area contributed by atoms with Gasteiger partial charge in [0.1, 0.15) is 5.75 Å². The van der Waals surface area contributed by atoms with E-state index in [9.17, 15) is 18.0 Å². The minimum absolute atomic E-state index is 0.0368. The number of rotatable bonds is 3. The van der Waals surface area contributed by atoms with E-state index in [4.69, 9.17) is 21.4 Å². The topological polar surface area (TPSA) is 46.5 Å². The summed E-state index contributed by atoms with van der Waals surface area (Å²) in [7, 11) is 0. The highest BCUT2D eigenvalue weighted by atomic mass is 35.5. The first-order valence-electron chi connectivity index (χ1n) is 7.72. The zero-order chi connectivity index (χ0) is 19.1. The number of carbonyl (C=O) groups is 1. The van der Waals surface area contributed by atoms with Crippen LogP contribution >= 0.6 is 11.6 Å². The molecule has 1 heterocycles. The monoisotopic (exact) mass is 382 g/mol. The van der Waals surface area contributed by atoms with Gasteiger partial charge in [0.25, 0.3) is 0 Å². The standard InChI is InChI=1S/C19H14ClF3O3/c1-10-4-2-3-5-11(10)6-12-9-16-13(8-15(12)20)7-14(18(24)25)17(26-16)19(21,22)23/h2-5,7-9,17H,6H2,1H3,(H,24,25). The number of ether oxygens (including phenoxy) is 1. The third-order valence-corrected chi connectivity index (χ3v) is 4.56. The highest BCUT2D eigenvalue weighted by molar-refractivity contribution is 6.31. The van der Waals surface area contributed by atoms with E-state index < -0.39 is 23.8 Å². The SMILES string of the molecule is Cc1ccccc1Cc1cc2c(cc1Cl)C=C(C(=O)O)C(C(F)(F)F)O2. The Labute approximate surface area is 152 Å². The van der Waals surface area contributed by atoms with E-state index in [1.165, 1.54) is 12.1 Å². The number of carboxylic acids is 1. The maximum absolute atomic E-state index is 13.2. The zero-order valence-corrected chi connectivity index (χ0v) is 14.4. The molecule has 0 saturated heterocycles. The van der Waals surface area contributed by atoms with Gasteiger partial charge in [0.05, 0.1) is 5.57 Å². The number of carboxylic acid groups (broad SMARTS) is 1. The molecule has 1 unspecified atom stereocenters. The van der Waals surface area contributed by atoms with Crippen molar-refractivity contribution in [2.75, 3.05) is 0 Å². The van der Waals surface area contributed by atoms with Crippen molar-refractivity contribution in [1.82, 2.24) is 0 Å². The van der Waals surface area contributed by atoms with Gasteiger partial charge in [-0.2, -0.15) is 13.2 Å². The molecular weight excluding hydrogens is 369 g/mol. The van der Waals surface area contributed by atoms with Crippen LogP contribution < -0.4 is 4.74 Å². The summed E-state index contributed by atoms with van der Waals surface area (Å²) in [5.74, 6) is -1.72. The Bertz CT molecular complexity index is 903. The fraction of sp³-hybridized carbons (Fsp3) is 0.211. The van der Waals surface area contributed by atoms with Crippen molar-refractivity contribution in [3.05, 3.63) is 69.2 Å². The maximum atomic E-state index is 13.2. The van der Waals surface area contributed by atoms with Crippen LogP contribution in [-0.4, -0.2) is 23.4 Å². The van der Waals surface area contributed by atoms with Crippen molar-refractivity contribution < 1.29 is 27.8 Å². The lowest BCUT2D eigenvalue weighted by Gasteiger charge is -2.27. The summed E-state index contributed by atoms with van der Waals surface area (Å²) in [6.07, 6.45) is -5.96. The Balaban J connectivity index is 2.03. The first kappa shape index (κ1) is 18.3. The van der Waals surface area contributed by atoms with Crippen LogP contribution in [0.5, 0.6) is 5.75 Å². The van der Waals surface area contributed by atoms with E-state index in [1.807, 2.05) is 31.2 Å². The fourth-order valence-corrected chi connectivity index (χ4v) is 3.06. The molecule has 3 rings (SSSR count). The molecule has 0 radical (unpaired) electrons. The minimum Gasteiger partial charge on any atom is -0.478 e. The quantitative estimate of drug-likeness (QED) is 0.809. The summed E-state index contributed by atoms with van der Waals surface area (Å²) < 4.78 is 44.5. The van der Waals surface area contributed by atoms with Crippen molar-refractivity contribution in [2.45, 2.75) is 25.6 Å². The van der Waals surface area contributed by atoms with Gasteiger partial charge in [0.2, 0.25) is 6.10 Å². The molecule has 0 aromatic heterocycles. The molecule has 1 N–H and O–H groups in total. The normalized spacial score (nSPS) is 16.5. The van der Waals surface area contributed by atoms with Crippen molar-refractivity contribution >= 4 is 23.6 Å². The zero-order valence-electron chi connectivity index (χ0n) is 13.6. The van der Waals surface area contributed by atoms with Gasteiger partial charge >= 0.3 is 12.1 Å². The maximum Gasteiger partial charge on any atom is 0.430 e. The summed E-state index contributed by atoms with van der Waals surface area (Å²) >= 11 is 6.26. The molecule has 0 saturated carbocycles. The molecule has 1 aliphatic rings. The number of fused-ring (bicyclic) bond motifs is 1. The van der Waals surface area contributed by atoms with Crippen molar-refractivity contribution in [3.8, 4) is 5.75 Å². The molecule has 2 aromatic carbocycles. The van der Waals surface area contributed by atoms with E-state index in [2.05, 4.69) is 0 Å². The average molecular weight is 383 g/mol. The fourth-order valence-electron chi connectivity index (χ4n) is 2.83. The van der Waals surface area contributed by atoms with Gasteiger partial charge in [0.15, 0.2) is 0 Å². The van der Waals surface area contributed by atoms with Gasteiger partial charge < -0.3 is 9.84 Å². The molecule has 7 heteroatoms. The van der Waals surface area contributed by atoms with E-state index in [0.717, 1.165) is 17.2 Å². The number of halogens is 4. The van der Waals surface area contributed by atoms with Crippen LogP contribution in [0, 0.1) is 6.92 Å². The lowest BCUT2D eigenvalue weighted by atomic mass is 9.96. The van der Waals surface area contributed by atoms with Crippen LogP contribution in [0.1, 0.15) is 22.3 Å². The average Bonchev–Trinajstić information content (AvgIpc) is 2.55. The van der Waals surface area contributed by atoms with Crippen LogP contribution in [0.25, 0.3) is 6.08 Å². The third kappa shape index (κ3) is 3.55. The second-order valence-corrected chi connectivity index (χ2v) is 6.44. The van der Waals surface area contributed by atoms with Crippen LogP contribution in [0.4, 0.5) is 13.2 Å². The van der Waals surface area contributed by atoms with Gasteiger partial charge in [-0.05, 0) is 48.2 Å². The molecule has 0 aliphatic carbocycles. The summed E-state index contributed by atoms with van der Waals surface area (Å²) in [5.41, 5.74) is 1.96. The Morgan fingerprint density at radius 3 is 2.54 bits per heavy atom. The predicted octanol–water partition coefficient (Wildman–Crippen LogP) is 5.03. The summed E-state index contributed by atoms with van der Waals surface area (Å²) in [6, 6.07) is 10.5. The van der Waals surface area contributed by atoms with E-state index in [0.29, 0.717) is 17.0 Å². The van der Waals surface area contributed by atoms with Gasteiger partial charge in [0, 0.05) is 10.6 Å². The largest absolute Gasteiger partial charge is 0.478 e. The van der Waals surface area contributed by atoms with Gasteiger partial charge in [-0.25, -0.2) is 4.79 Å². The smallest absolute Gasteiger partial charge is 0.430 e. The molecule has 0 spiro atoms. The first-order chi connectivity index (χ1) is 12.2. The Hall–Kier alpha value is -2.47. The number of hydrogen-bond donors (Lipinski definition) is 1. The number of hydrogen-bond acceptors (Lipinski definition) is 2. The minimum atomic E-state index is -4.84. The van der Waals surface area contributed by atoms with E-state index in [-0.39, 0.29) is 11.3 Å². The molecule has 136 valence electrons. The third-order valence-electron chi connectivity index (χ3n) is 4.20. The number of aryl methyl sites for hydroxylation is 1. The molecule has 3 nitrogen and oxygen atoms in total. The van der Waals surface area contributed by atoms with E-state index >= 15 is 0 Å². The van der Waals surface area contributed by atoms with Gasteiger partial charge in [-0.3, -0.25) is 0 Å². The molecule has 2 aromatic rings. The van der Waals surface area contributed by atoms with Gasteiger partial charge in [-0.15, -0.1) is 0 Å². The molecule has 0 bridgehead atoms. The second-order valence-electron chi connectivity index (χ2n) is 6.03. The first-order valence-corrected chi connectivity index (χ1v) is 8.10. The summed E-state index contributed by atoms with van der Waals surface area (Å²) in [6.45, 7) is 1.93. The Morgan fingerprint density at radius 1 is 1.23 bits per heavy atom. The van der Waals surface area contributed by atoms with Crippen molar-refractivity contribution in [1.29, 1.82) is 0 Å². The number of benzene rings is 2. The van der Waals surface area contributed by atoms with E-state index in [1.54, 1.807) is 0 Å². The van der Waals surface area contributed by atoms with Crippen molar-refractivity contribution in [3.63, 3.8) is 0 Å². The molecule has 0 fully saturated rings. The highest BCUT2D eigenvalue weighted by Gasteiger charge is 2.48. The second kappa shape index (κ2) is 6.68. The molecule has 26 heavy (non-hydrogen) atoms. The number of alkyl halides is 3. The Kier molecular flexibility index (Phi) is 4.71. The molecular formula is C19H14ClF3O3. The van der Waals surface area contributed by atoms with Gasteiger partial charge in [-0.1, -0.05) is 35.9 Å². The predicted molar refractivity (Wildman–Crippen MR) is 91.5 cm³/mol. The lowest BCUT2D eigenvalue weighted by molar-refractivity contribution is -0.187. The Morgan fingerprint density at radius 2 is 1.92 bits per heavy atom. The molecule has 0 amide bonds. The molecule has 1 aliphatic heterocycles. The lowest BCUT2D eigenvalue weighted by Crippen LogP contribution is -2.40. The highest BCUT2D eigenvalue weighted by Crippen LogP contribution is 2.39. The van der Waals surface area contributed by atoms with Crippen molar-refractivity contribution in [2.24, 2.45) is 0 Å². The number of aliphatic carboxylic acids is 1. The van der Waals surface area contributed by atoms with Crippen LogP contribution in [0.3, 0.4) is 0 Å². The summed E-state index contributed by atoms with van der Waals surface area (Å²) in [4.78, 5) is 11.2. The van der Waals surface area contributed by atoms with Crippen LogP contribution in [0.2, 0.25) is 5.02 Å². The summed E-state index contributed by atoms with van der Waals surface area (Å²) in [5, 5.41) is 9.40. The molecule has 1 atom stereocenters. The van der Waals surface area contributed by atoms with Crippen LogP contribution in [0.15, 0.2) is 42.0 Å². The van der Waals surface area contributed by atoms with Crippen LogP contribution in [-0.2, 0) is 11.2 Å².